The van der Waals surface area contributed by atoms with Crippen molar-refractivity contribution < 1.29 is 21.2 Å². The van der Waals surface area contributed by atoms with Crippen LogP contribution in [0.1, 0.15) is 192 Å². The molecule has 2 nitrogen and oxygen atoms in total. The van der Waals surface area contributed by atoms with Crippen LogP contribution in [0.4, 0.5) is 0 Å². The van der Waals surface area contributed by atoms with Crippen molar-refractivity contribution in [2.24, 2.45) is 0 Å². The molecule has 49 heavy (non-hydrogen) atoms. The van der Waals surface area contributed by atoms with E-state index in [0.717, 1.165) is 61.0 Å². The Hall–Kier alpha value is -1.99. The number of benzene rings is 2. The number of hydrogen-bond acceptors (Lipinski definition) is 0. The molecule has 2 aromatic rings. The molecule has 0 bridgehead atoms. The molecule has 0 radical (unpaired) electrons. The van der Waals surface area contributed by atoms with Crippen molar-refractivity contribution in [1.82, 2.24) is 0 Å². The molecule has 1 aliphatic heterocycles. The fourth-order valence-corrected chi connectivity index (χ4v) is 6.39. The molecule has 3 heteroatoms. The first kappa shape index (κ1) is 47.0. The van der Waals surface area contributed by atoms with Crippen LogP contribution in [0.3, 0.4) is 0 Å². The molecule has 3 rings (SSSR count). The molecule has 0 saturated heterocycles. The summed E-state index contributed by atoms with van der Waals surface area (Å²) in [5, 5.41) is 0. The first-order valence-electron chi connectivity index (χ1n) is 20.2. The first-order valence-corrected chi connectivity index (χ1v) is 20.2. The second-order valence-corrected chi connectivity index (χ2v) is 13.5. The van der Waals surface area contributed by atoms with Gasteiger partial charge in [-0.2, -0.15) is 12.8 Å². The van der Waals surface area contributed by atoms with E-state index in [9.17, 15) is 5.53 Å². The molecule has 0 unspecified atom stereocenters. The predicted molar refractivity (Wildman–Crippen MR) is 215 cm³/mol. The van der Waals surface area contributed by atoms with Gasteiger partial charge in [-0.15, -0.1) is 0 Å². The van der Waals surface area contributed by atoms with Gasteiger partial charge in [-0.25, -0.2) is 4.70 Å². The van der Waals surface area contributed by atoms with Crippen molar-refractivity contribution >= 4 is 11.4 Å². The summed E-state index contributed by atoms with van der Waals surface area (Å²) in [7, 11) is 0. The second-order valence-electron chi connectivity index (χ2n) is 13.5. The molecule has 1 aliphatic rings. The average Bonchev–Trinajstić information content (AvgIpc) is 3.41. The maximum atomic E-state index is 11.4. The summed E-state index contributed by atoms with van der Waals surface area (Å²) in [6, 6.07) is 17.5. The maximum absolute atomic E-state index is 11.4. The Bertz CT molecular complexity index is 1150. The Kier molecular flexibility index (Phi) is 29.6. The van der Waals surface area contributed by atoms with Crippen LogP contribution in [0.2, 0.25) is 0 Å². The standard InChI is InChI=1S/C28H36N2.2C9H19.Ni/c1-5-9-12-21-16-18-23(19-17-21)27-25(7-3)26(8-4)28(30(27)29)24-15-11-14-22(20-24)13-10-6-2;2*1-3-5-7-9-8-6-4-2;/h11,14-20H,5-10,12-13H2,1-4H3;2*1,3-9H2,2H3;/q;2*-1;+2. The molecule has 278 valence electrons. The molecule has 0 N–H and O–H groups in total. The molecule has 0 aliphatic carbocycles. The van der Waals surface area contributed by atoms with Crippen molar-refractivity contribution in [3.63, 3.8) is 0 Å². The summed E-state index contributed by atoms with van der Waals surface area (Å²) in [5.41, 5.74) is 20.7. The Morgan fingerprint density at radius 2 is 0.918 bits per heavy atom. The van der Waals surface area contributed by atoms with Gasteiger partial charge in [-0.1, -0.05) is 156 Å². The summed E-state index contributed by atoms with van der Waals surface area (Å²) >= 11 is 0. The van der Waals surface area contributed by atoms with Gasteiger partial charge >= 0.3 is 16.5 Å². The van der Waals surface area contributed by atoms with Crippen LogP contribution in [0.25, 0.3) is 16.9 Å². The van der Waals surface area contributed by atoms with E-state index in [2.05, 4.69) is 104 Å². The molecule has 0 atom stereocenters. The Labute approximate surface area is 315 Å². The molecule has 0 aromatic heterocycles. The van der Waals surface area contributed by atoms with Crippen LogP contribution in [-0.2, 0) is 29.3 Å². The molecule has 0 amide bonds. The molecule has 1 heterocycles. The van der Waals surface area contributed by atoms with Crippen LogP contribution < -0.4 is 0 Å². The van der Waals surface area contributed by atoms with Gasteiger partial charge in [-0.05, 0) is 73.9 Å². The van der Waals surface area contributed by atoms with E-state index in [4.69, 9.17) is 0 Å². The molecule has 0 fully saturated rings. The summed E-state index contributed by atoms with van der Waals surface area (Å²) in [6.07, 6.45) is 27.7. The van der Waals surface area contributed by atoms with Gasteiger partial charge in [0, 0.05) is 22.3 Å². The van der Waals surface area contributed by atoms with E-state index in [-0.39, 0.29) is 16.5 Å². The predicted octanol–water partition coefficient (Wildman–Crippen LogP) is 15.5. The van der Waals surface area contributed by atoms with E-state index in [1.807, 2.05) is 0 Å². The summed E-state index contributed by atoms with van der Waals surface area (Å²) < 4.78 is 1.46. The molecule has 2 aromatic carbocycles. The Morgan fingerprint density at radius 3 is 1.37 bits per heavy atom. The van der Waals surface area contributed by atoms with Crippen LogP contribution in [0, 0.1) is 13.8 Å². The normalized spacial score (nSPS) is 12.4. The minimum absolute atomic E-state index is 0. The van der Waals surface area contributed by atoms with Gasteiger partial charge in [0.1, 0.15) is 0 Å². The van der Waals surface area contributed by atoms with Crippen LogP contribution >= 0.6 is 0 Å². The summed E-state index contributed by atoms with van der Waals surface area (Å²) in [4.78, 5) is 0. The molecule has 0 saturated carbocycles. The van der Waals surface area contributed by atoms with Crippen LogP contribution in [0.15, 0.2) is 59.7 Å². The number of hydrogen-bond donors (Lipinski definition) is 0. The molecular weight excluding hydrogens is 639 g/mol. The van der Waals surface area contributed by atoms with Gasteiger partial charge < -0.3 is 19.4 Å². The van der Waals surface area contributed by atoms with Crippen LogP contribution in [0.5, 0.6) is 0 Å². The largest absolute Gasteiger partial charge is 2.00 e. The number of nitrogens with zero attached hydrogens (tertiary/aromatic N) is 2. The zero-order valence-corrected chi connectivity index (χ0v) is 33.8. The number of unbranched alkanes of at least 4 members (excludes halogenated alkanes) is 14. The van der Waals surface area contributed by atoms with E-state index < -0.39 is 0 Å². The van der Waals surface area contributed by atoms with Crippen molar-refractivity contribution in [1.29, 1.82) is 0 Å². The van der Waals surface area contributed by atoms with E-state index >= 15 is 0 Å². The third kappa shape index (κ3) is 18.2. The summed E-state index contributed by atoms with van der Waals surface area (Å²) in [6.45, 7) is 20.9. The minimum Gasteiger partial charge on any atom is -0.493 e. The monoisotopic (exact) mass is 713 g/mol. The van der Waals surface area contributed by atoms with E-state index in [1.54, 1.807) is 0 Å². The van der Waals surface area contributed by atoms with Crippen molar-refractivity contribution in [2.75, 3.05) is 0 Å². The SMILES string of the molecule is CCCCc1ccc(C2=C(CC)C(CC)=C(c3cccc(CCCC)c3)[N+]2=[N-])cc1.[CH2-]CCCCCCCC.[CH2-]CCCCCCCC.[Ni+2]. The van der Waals surface area contributed by atoms with E-state index in [1.165, 1.54) is 130 Å². The maximum Gasteiger partial charge on any atom is 2.00 e. The fourth-order valence-electron chi connectivity index (χ4n) is 6.39. The zero-order chi connectivity index (χ0) is 35.4. The Balaban J connectivity index is 0.00000100. The molecular formula is C46H74N2Ni. The Morgan fingerprint density at radius 1 is 0.490 bits per heavy atom. The number of rotatable bonds is 22. The van der Waals surface area contributed by atoms with Crippen molar-refractivity contribution in [3.8, 4) is 0 Å². The number of allylic oxidation sites excluding steroid dienone is 2. The van der Waals surface area contributed by atoms with Gasteiger partial charge in [-0.3, -0.25) is 0 Å². The van der Waals surface area contributed by atoms with Crippen molar-refractivity contribution in [3.05, 3.63) is 101 Å². The smallest absolute Gasteiger partial charge is 0.493 e. The van der Waals surface area contributed by atoms with E-state index in [0.29, 0.717) is 0 Å². The quantitative estimate of drug-likeness (QED) is 0.0502. The number of aryl methyl sites for hydroxylation is 2. The van der Waals surface area contributed by atoms with Crippen LogP contribution in [-0.4, -0.2) is 4.70 Å². The third-order valence-corrected chi connectivity index (χ3v) is 9.34. The average molecular weight is 714 g/mol. The second kappa shape index (κ2) is 30.8. The fraction of sp³-hybridized carbons (Fsp3) is 0.609. The topological polar surface area (TPSA) is 25.3 Å². The van der Waals surface area contributed by atoms with Gasteiger partial charge in [0.05, 0.1) is 0 Å². The van der Waals surface area contributed by atoms with Gasteiger partial charge in [0.15, 0.2) is 0 Å². The van der Waals surface area contributed by atoms with Gasteiger partial charge in [0.25, 0.3) is 0 Å². The van der Waals surface area contributed by atoms with Gasteiger partial charge in [0.2, 0.25) is 11.4 Å². The summed E-state index contributed by atoms with van der Waals surface area (Å²) in [5.74, 6) is 0. The molecule has 0 spiro atoms. The first-order chi connectivity index (χ1) is 23.5. The third-order valence-electron chi connectivity index (χ3n) is 9.34. The zero-order valence-electron chi connectivity index (χ0n) is 32.8. The minimum atomic E-state index is 0. The van der Waals surface area contributed by atoms with Crippen molar-refractivity contribution in [2.45, 2.75) is 183 Å².